The number of nitrogens with zero attached hydrogens (tertiary/aromatic N) is 2. The Hall–Kier alpha value is -2.96. The van der Waals surface area contributed by atoms with Crippen LogP contribution in [0, 0.1) is 10.1 Å². The molecule has 1 aromatic heterocycles. The Bertz CT molecular complexity index is 719. The molecule has 24 heavy (non-hydrogen) atoms. The Labute approximate surface area is 139 Å². The molecule has 0 unspecified atom stereocenters. The van der Waals surface area contributed by atoms with Crippen LogP contribution in [-0.4, -0.2) is 21.5 Å². The predicted molar refractivity (Wildman–Crippen MR) is 89.8 cm³/mol. The minimum atomic E-state index is -0.529. The van der Waals surface area contributed by atoms with Crippen molar-refractivity contribution in [2.24, 2.45) is 0 Å². The third-order valence-electron chi connectivity index (χ3n) is 3.02. The van der Waals surface area contributed by atoms with Crippen molar-refractivity contribution in [3.05, 3.63) is 63.8 Å². The van der Waals surface area contributed by atoms with Crippen molar-refractivity contribution < 1.29 is 14.5 Å². The Morgan fingerprint density at radius 1 is 1.21 bits per heavy atom. The molecule has 0 aliphatic rings. The van der Waals surface area contributed by atoms with Crippen LogP contribution in [-0.2, 0) is 11.3 Å². The summed E-state index contributed by atoms with van der Waals surface area (Å²) < 4.78 is 5.30. The molecular formula is C17H19N3O4. The molecule has 126 valence electrons. The molecule has 2 aromatic rings. The molecule has 0 fully saturated rings. The molecule has 0 aliphatic carbocycles. The second-order valence-corrected chi connectivity index (χ2v) is 6.21. The third kappa shape index (κ3) is 5.05. The van der Waals surface area contributed by atoms with Gasteiger partial charge in [-0.1, -0.05) is 12.1 Å². The average Bonchev–Trinajstić information content (AvgIpc) is 2.52. The van der Waals surface area contributed by atoms with E-state index in [1.165, 1.54) is 12.3 Å². The second-order valence-electron chi connectivity index (χ2n) is 6.21. The molecule has 0 radical (unpaired) electrons. The zero-order valence-electron chi connectivity index (χ0n) is 13.8. The monoisotopic (exact) mass is 329 g/mol. The lowest BCUT2D eigenvalue weighted by molar-refractivity contribution is -0.385. The number of anilines is 1. The number of ether oxygens (including phenoxy) is 1. The number of nitrogens with one attached hydrogen (secondary N) is 1. The van der Waals surface area contributed by atoms with Gasteiger partial charge in [0.2, 0.25) is 0 Å². The molecule has 0 saturated carbocycles. The van der Waals surface area contributed by atoms with Gasteiger partial charge < -0.3 is 10.1 Å². The number of rotatable bonds is 5. The van der Waals surface area contributed by atoms with E-state index in [1.807, 2.05) is 32.9 Å². The second kappa shape index (κ2) is 7.08. The lowest BCUT2D eigenvalue weighted by atomic mass is 10.1. The van der Waals surface area contributed by atoms with Gasteiger partial charge in [0.05, 0.1) is 10.5 Å². The van der Waals surface area contributed by atoms with E-state index in [0.29, 0.717) is 17.9 Å². The summed E-state index contributed by atoms with van der Waals surface area (Å²) in [5.74, 6) is 0.177. The van der Waals surface area contributed by atoms with E-state index in [1.54, 1.807) is 18.2 Å². The van der Waals surface area contributed by atoms with Crippen LogP contribution in [0.1, 0.15) is 36.7 Å². The van der Waals surface area contributed by atoms with E-state index in [2.05, 4.69) is 10.3 Å². The molecule has 7 heteroatoms. The Balaban J connectivity index is 1.94. The fourth-order valence-corrected chi connectivity index (χ4v) is 1.89. The quantitative estimate of drug-likeness (QED) is 0.512. The highest BCUT2D eigenvalue weighted by atomic mass is 16.6. The molecule has 0 bridgehead atoms. The summed E-state index contributed by atoms with van der Waals surface area (Å²) in [4.78, 5) is 26.0. The highest BCUT2D eigenvalue weighted by molar-refractivity contribution is 5.89. The number of hydrogen-bond acceptors (Lipinski definition) is 6. The smallest absolute Gasteiger partial charge is 0.338 e. The minimum absolute atomic E-state index is 0.0535. The van der Waals surface area contributed by atoms with Gasteiger partial charge in [0.25, 0.3) is 5.69 Å². The van der Waals surface area contributed by atoms with E-state index >= 15 is 0 Å². The van der Waals surface area contributed by atoms with Crippen LogP contribution in [0.5, 0.6) is 0 Å². The van der Waals surface area contributed by atoms with Crippen LogP contribution >= 0.6 is 0 Å². The van der Waals surface area contributed by atoms with Gasteiger partial charge in [0.1, 0.15) is 17.6 Å². The highest BCUT2D eigenvalue weighted by Gasteiger charge is 2.17. The molecule has 1 aromatic carbocycles. The normalized spacial score (nSPS) is 11.0. The summed E-state index contributed by atoms with van der Waals surface area (Å²) in [6.45, 7) is 5.95. The number of carbonyl (C=O) groups excluding carboxylic acids is 1. The first-order valence-corrected chi connectivity index (χ1v) is 7.41. The van der Waals surface area contributed by atoms with Crippen molar-refractivity contribution in [2.75, 3.05) is 5.32 Å². The van der Waals surface area contributed by atoms with Gasteiger partial charge in [0.15, 0.2) is 0 Å². The average molecular weight is 329 g/mol. The first-order valence-electron chi connectivity index (χ1n) is 7.41. The van der Waals surface area contributed by atoms with E-state index in [9.17, 15) is 14.9 Å². The molecule has 0 saturated heterocycles. The van der Waals surface area contributed by atoms with Crippen molar-refractivity contribution in [1.29, 1.82) is 0 Å². The maximum atomic E-state index is 11.9. The number of aromatic nitrogens is 1. The maximum absolute atomic E-state index is 11.9. The van der Waals surface area contributed by atoms with Crippen molar-refractivity contribution in [2.45, 2.75) is 32.9 Å². The van der Waals surface area contributed by atoms with E-state index in [4.69, 9.17) is 4.74 Å². The van der Waals surface area contributed by atoms with Crippen LogP contribution in [0.2, 0.25) is 0 Å². The van der Waals surface area contributed by atoms with Crippen LogP contribution < -0.4 is 5.32 Å². The first kappa shape index (κ1) is 17.4. The maximum Gasteiger partial charge on any atom is 0.338 e. The van der Waals surface area contributed by atoms with Crippen LogP contribution in [0.25, 0.3) is 0 Å². The summed E-state index contributed by atoms with van der Waals surface area (Å²) in [6, 6.07) is 9.98. The third-order valence-corrected chi connectivity index (χ3v) is 3.02. The fraction of sp³-hybridized carbons (Fsp3) is 0.294. The van der Waals surface area contributed by atoms with E-state index < -0.39 is 10.5 Å². The number of carbonyl (C=O) groups is 1. The zero-order valence-corrected chi connectivity index (χ0v) is 13.8. The molecule has 0 amide bonds. The Morgan fingerprint density at radius 2 is 1.88 bits per heavy atom. The topological polar surface area (TPSA) is 94.4 Å². The zero-order chi connectivity index (χ0) is 17.7. The van der Waals surface area contributed by atoms with Gasteiger partial charge in [-0.05, 0) is 44.5 Å². The standard InChI is InChI=1S/C17H19N3O4/c1-17(2,3)24-16(21)13-6-4-12(5-7-13)10-18-15-9-8-14(11-19-15)20(22)23/h4-9,11H,10H2,1-3H3,(H,18,19). The summed E-state index contributed by atoms with van der Waals surface area (Å²) in [5, 5.41) is 13.6. The molecular weight excluding hydrogens is 310 g/mol. The Morgan fingerprint density at radius 3 is 2.38 bits per heavy atom. The summed E-state index contributed by atoms with van der Waals surface area (Å²) in [7, 11) is 0. The molecule has 0 spiro atoms. The SMILES string of the molecule is CC(C)(C)OC(=O)c1ccc(CNc2ccc([N+](=O)[O-])cn2)cc1. The molecule has 0 aliphatic heterocycles. The number of esters is 1. The molecule has 2 rings (SSSR count). The van der Waals surface area contributed by atoms with Gasteiger partial charge in [-0.15, -0.1) is 0 Å². The van der Waals surface area contributed by atoms with Crippen LogP contribution in [0.3, 0.4) is 0 Å². The summed E-state index contributed by atoms with van der Waals surface area (Å²) in [5.41, 5.74) is 0.852. The van der Waals surface area contributed by atoms with Crippen LogP contribution in [0.15, 0.2) is 42.6 Å². The number of hydrogen-bond donors (Lipinski definition) is 1. The summed E-state index contributed by atoms with van der Waals surface area (Å²) in [6.07, 6.45) is 1.20. The van der Waals surface area contributed by atoms with E-state index in [-0.39, 0.29) is 11.7 Å². The fourth-order valence-electron chi connectivity index (χ4n) is 1.89. The predicted octanol–water partition coefficient (Wildman–Crippen LogP) is 3.56. The van der Waals surface area contributed by atoms with Gasteiger partial charge in [0, 0.05) is 12.6 Å². The largest absolute Gasteiger partial charge is 0.456 e. The van der Waals surface area contributed by atoms with Crippen molar-refractivity contribution in [1.82, 2.24) is 4.98 Å². The van der Waals surface area contributed by atoms with Crippen LogP contribution in [0.4, 0.5) is 11.5 Å². The Kier molecular flexibility index (Phi) is 5.13. The highest BCUT2D eigenvalue weighted by Crippen LogP contribution is 2.15. The summed E-state index contributed by atoms with van der Waals surface area (Å²) >= 11 is 0. The number of nitro groups is 1. The minimum Gasteiger partial charge on any atom is -0.456 e. The van der Waals surface area contributed by atoms with Gasteiger partial charge in [-0.25, -0.2) is 9.78 Å². The number of pyridine rings is 1. The van der Waals surface area contributed by atoms with Gasteiger partial charge in [-0.2, -0.15) is 0 Å². The molecule has 0 atom stereocenters. The van der Waals surface area contributed by atoms with Gasteiger partial charge >= 0.3 is 5.97 Å². The van der Waals surface area contributed by atoms with Crippen molar-refractivity contribution >= 4 is 17.5 Å². The lowest BCUT2D eigenvalue weighted by Gasteiger charge is -2.19. The number of benzene rings is 1. The first-order chi connectivity index (χ1) is 11.2. The lowest BCUT2D eigenvalue weighted by Crippen LogP contribution is -2.23. The van der Waals surface area contributed by atoms with Crippen molar-refractivity contribution in [3.63, 3.8) is 0 Å². The molecule has 7 nitrogen and oxygen atoms in total. The van der Waals surface area contributed by atoms with Gasteiger partial charge in [-0.3, -0.25) is 10.1 Å². The van der Waals surface area contributed by atoms with Crippen molar-refractivity contribution in [3.8, 4) is 0 Å². The van der Waals surface area contributed by atoms with E-state index in [0.717, 1.165) is 5.56 Å². The molecule has 1 heterocycles. The molecule has 1 N–H and O–H groups in total.